The number of piperidine rings is 1. The zero-order valence-electron chi connectivity index (χ0n) is 18.8. The van der Waals surface area contributed by atoms with Crippen LogP contribution in [0.4, 0.5) is 5.95 Å². The van der Waals surface area contributed by atoms with Crippen LogP contribution in [0.2, 0.25) is 0 Å². The van der Waals surface area contributed by atoms with Crippen molar-refractivity contribution in [3.63, 3.8) is 0 Å². The Morgan fingerprint density at radius 3 is 2.29 bits per heavy atom. The van der Waals surface area contributed by atoms with E-state index in [9.17, 15) is 5.11 Å². The molecule has 0 saturated carbocycles. The molecule has 0 bridgehead atoms. The van der Waals surface area contributed by atoms with E-state index in [-0.39, 0.29) is 16.8 Å². The van der Waals surface area contributed by atoms with Crippen LogP contribution >= 0.6 is 0 Å². The SMILES string of the molecule is CN(c1ncc(-c2ccc(-c3ccccn3)cc2O)nn1)C1CC(C)(C)NC(C)(C)C1. The molecule has 1 saturated heterocycles. The standard InChI is InChI=1S/C24H30N6O/c1-23(2)13-17(14-24(3,4)29-23)30(5)22-26-15-20(27-28-22)18-10-9-16(12-21(18)31)19-8-6-7-11-25-19/h6-12,15,17,29,31H,13-14H2,1-5H3. The smallest absolute Gasteiger partial charge is 0.245 e. The van der Waals surface area contributed by atoms with Gasteiger partial charge < -0.3 is 15.3 Å². The second-order valence-corrected chi connectivity index (χ2v) is 9.66. The number of nitrogens with zero attached hydrogens (tertiary/aromatic N) is 5. The Bertz CT molecular complexity index is 1030. The van der Waals surface area contributed by atoms with Gasteiger partial charge in [0.1, 0.15) is 11.4 Å². The van der Waals surface area contributed by atoms with Gasteiger partial charge in [0.2, 0.25) is 5.95 Å². The number of rotatable bonds is 4. The van der Waals surface area contributed by atoms with E-state index in [1.54, 1.807) is 18.5 Å². The third-order valence-corrected chi connectivity index (χ3v) is 5.82. The minimum absolute atomic E-state index is 0.0369. The van der Waals surface area contributed by atoms with Crippen molar-refractivity contribution in [2.45, 2.75) is 57.7 Å². The van der Waals surface area contributed by atoms with Gasteiger partial charge in [0.05, 0.1) is 11.9 Å². The Kier molecular flexibility index (Phi) is 5.39. The molecular weight excluding hydrogens is 388 g/mol. The molecule has 7 heteroatoms. The number of phenols is 1. The van der Waals surface area contributed by atoms with Gasteiger partial charge in [-0.05, 0) is 64.8 Å². The summed E-state index contributed by atoms with van der Waals surface area (Å²) in [6.45, 7) is 8.92. The first kappa shape index (κ1) is 21.2. The molecule has 1 aliphatic heterocycles. The Labute approximate surface area is 183 Å². The second kappa shape index (κ2) is 7.89. The van der Waals surface area contributed by atoms with Crippen molar-refractivity contribution in [2.75, 3.05) is 11.9 Å². The molecule has 0 radical (unpaired) electrons. The summed E-state index contributed by atoms with van der Waals surface area (Å²) < 4.78 is 0. The Morgan fingerprint density at radius 1 is 0.968 bits per heavy atom. The molecule has 1 aromatic carbocycles. The van der Waals surface area contributed by atoms with Gasteiger partial charge in [-0.1, -0.05) is 12.1 Å². The minimum atomic E-state index is 0.0369. The molecule has 0 amide bonds. The number of hydrogen-bond donors (Lipinski definition) is 2. The van der Waals surface area contributed by atoms with E-state index < -0.39 is 0 Å². The van der Waals surface area contributed by atoms with Crippen molar-refractivity contribution in [1.82, 2.24) is 25.5 Å². The lowest BCUT2D eigenvalue weighted by Crippen LogP contribution is -2.62. The number of phenolic OH excluding ortho intramolecular Hbond substituents is 1. The lowest BCUT2D eigenvalue weighted by Gasteiger charge is -2.48. The quantitative estimate of drug-likeness (QED) is 0.661. The fourth-order valence-electron chi connectivity index (χ4n) is 4.70. The van der Waals surface area contributed by atoms with E-state index >= 15 is 0 Å². The average Bonchev–Trinajstić information content (AvgIpc) is 2.72. The third kappa shape index (κ3) is 4.66. The van der Waals surface area contributed by atoms with Crippen molar-refractivity contribution in [1.29, 1.82) is 0 Å². The molecule has 31 heavy (non-hydrogen) atoms. The van der Waals surface area contributed by atoms with Gasteiger partial charge in [0.25, 0.3) is 0 Å². The van der Waals surface area contributed by atoms with Crippen LogP contribution in [-0.2, 0) is 0 Å². The largest absolute Gasteiger partial charge is 0.507 e. The molecule has 3 heterocycles. The normalized spacial score (nSPS) is 18.0. The van der Waals surface area contributed by atoms with Crippen LogP contribution in [0.5, 0.6) is 5.75 Å². The number of aromatic hydroxyl groups is 1. The summed E-state index contributed by atoms with van der Waals surface area (Å²) in [5.74, 6) is 0.717. The summed E-state index contributed by atoms with van der Waals surface area (Å²) in [5.41, 5.74) is 2.85. The maximum Gasteiger partial charge on any atom is 0.245 e. The van der Waals surface area contributed by atoms with E-state index in [2.05, 4.69) is 58.1 Å². The number of hydrogen-bond acceptors (Lipinski definition) is 7. The maximum absolute atomic E-state index is 10.6. The zero-order chi connectivity index (χ0) is 22.2. The summed E-state index contributed by atoms with van der Waals surface area (Å²) in [6, 6.07) is 11.4. The van der Waals surface area contributed by atoms with Gasteiger partial charge in [0.15, 0.2) is 0 Å². The number of nitrogens with one attached hydrogen (secondary N) is 1. The fourth-order valence-corrected chi connectivity index (χ4v) is 4.70. The van der Waals surface area contributed by atoms with Crippen molar-refractivity contribution in [2.24, 2.45) is 0 Å². The second-order valence-electron chi connectivity index (χ2n) is 9.66. The van der Waals surface area contributed by atoms with Crippen LogP contribution in [-0.4, -0.2) is 49.4 Å². The molecule has 0 atom stereocenters. The molecule has 162 valence electrons. The highest BCUT2D eigenvalue weighted by Gasteiger charge is 2.39. The molecule has 4 rings (SSSR count). The summed E-state index contributed by atoms with van der Waals surface area (Å²) in [7, 11) is 2.03. The first-order valence-electron chi connectivity index (χ1n) is 10.6. The van der Waals surface area contributed by atoms with E-state index in [1.807, 2.05) is 37.4 Å². The zero-order valence-corrected chi connectivity index (χ0v) is 18.8. The summed E-state index contributed by atoms with van der Waals surface area (Å²) in [6.07, 6.45) is 5.39. The predicted octanol–water partition coefficient (Wildman–Crippen LogP) is 4.05. The van der Waals surface area contributed by atoms with Crippen LogP contribution < -0.4 is 10.2 Å². The first-order chi connectivity index (χ1) is 14.6. The van der Waals surface area contributed by atoms with Crippen molar-refractivity contribution in [3.8, 4) is 28.3 Å². The van der Waals surface area contributed by atoms with Crippen LogP contribution in [0.1, 0.15) is 40.5 Å². The lowest BCUT2D eigenvalue weighted by atomic mass is 9.79. The summed E-state index contributed by atoms with van der Waals surface area (Å²) >= 11 is 0. The first-order valence-corrected chi connectivity index (χ1v) is 10.6. The maximum atomic E-state index is 10.6. The molecule has 0 aliphatic carbocycles. The molecule has 3 aromatic rings. The molecule has 1 aliphatic rings. The van der Waals surface area contributed by atoms with Crippen LogP contribution in [0.25, 0.3) is 22.5 Å². The van der Waals surface area contributed by atoms with Gasteiger partial charge in [-0.2, -0.15) is 0 Å². The van der Waals surface area contributed by atoms with E-state index in [0.29, 0.717) is 23.2 Å². The van der Waals surface area contributed by atoms with Crippen LogP contribution in [0.15, 0.2) is 48.8 Å². The van der Waals surface area contributed by atoms with Gasteiger partial charge in [-0.15, -0.1) is 10.2 Å². The van der Waals surface area contributed by atoms with Gasteiger partial charge in [-0.3, -0.25) is 4.98 Å². The lowest BCUT2D eigenvalue weighted by molar-refractivity contribution is 0.160. The molecule has 7 nitrogen and oxygen atoms in total. The topological polar surface area (TPSA) is 87.1 Å². The molecule has 0 unspecified atom stereocenters. The van der Waals surface area contributed by atoms with E-state index in [0.717, 1.165) is 24.1 Å². The average molecular weight is 419 g/mol. The van der Waals surface area contributed by atoms with Crippen molar-refractivity contribution < 1.29 is 5.11 Å². The summed E-state index contributed by atoms with van der Waals surface area (Å²) in [4.78, 5) is 11.0. The van der Waals surface area contributed by atoms with Crippen LogP contribution in [0, 0.1) is 0 Å². The highest BCUT2D eigenvalue weighted by atomic mass is 16.3. The van der Waals surface area contributed by atoms with E-state index in [1.165, 1.54) is 0 Å². The molecule has 2 N–H and O–H groups in total. The van der Waals surface area contributed by atoms with E-state index in [4.69, 9.17) is 0 Å². The number of pyridine rings is 1. The fraction of sp³-hybridized carbons (Fsp3) is 0.417. The molecule has 0 spiro atoms. The highest BCUT2D eigenvalue weighted by molar-refractivity contribution is 5.72. The summed E-state index contributed by atoms with van der Waals surface area (Å²) in [5, 5.41) is 23.0. The Morgan fingerprint density at radius 2 is 1.71 bits per heavy atom. The number of benzene rings is 1. The monoisotopic (exact) mass is 418 g/mol. The van der Waals surface area contributed by atoms with Crippen molar-refractivity contribution in [3.05, 3.63) is 48.8 Å². The Hall–Kier alpha value is -3.06. The van der Waals surface area contributed by atoms with Crippen molar-refractivity contribution >= 4 is 5.95 Å². The third-order valence-electron chi connectivity index (χ3n) is 5.82. The predicted molar refractivity (Wildman–Crippen MR) is 123 cm³/mol. The van der Waals surface area contributed by atoms with Gasteiger partial charge in [0, 0.05) is 41.5 Å². The van der Waals surface area contributed by atoms with Gasteiger partial charge in [-0.25, -0.2) is 4.98 Å². The molecule has 1 fully saturated rings. The molecular formula is C24H30N6O. The Balaban J connectivity index is 1.54. The highest BCUT2D eigenvalue weighted by Crippen LogP contribution is 2.33. The minimum Gasteiger partial charge on any atom is -0.507 e. The number of aromatic nitrogens is 4. The number of anilines is 1. The molecule has 2 aromatic heterocycles. The van der Waals surface area contributed by atoms with Crippen LogP contribution in [0.3, 0.4) is 0 Å². The van der Waals surface area contributed by atoms with Gasteiger partial charge >= 0.3 is 0 Å².